The summed E-state index contributed by atoms with van der Waals surface area (Å²) >= 11 is 0. The van der Waals surface area contributed by atoms with E-state index in [4.69, 9.17) is 42.6 Å². The minimum atomic E-state index is -2.67. The Balaban J connectivity index is 1.10. The van der Waals surface area contributed by atoms with Crippen LogP contribution in [-0.4, -0.2) is 143 Å². The predicted molar refractivity (Wildman–Crippen MR) is 336 cm³/mol. The summed E-state index contributed by atoms with van der Waals surface area (Å²) < 4.78 is 55.6. The van der Waals surface area contributed by atoms with Crippen LogP contribution in [0.2, 0.25) is 0 Å². The van der Waals surface area contributed by atoms with Crippen LogP contribution in [0.1, 0.15) is 99.5 Å². The number of nitrogens with one attached hydrogen (secondary N) is 2. The lowest BCUT2D eigenvalue weighted by molar-refractivity contribution is -0.346. The molecule has 6 aromatic carbocycles. The van der Waals surface area contributed by atoms with Gasteiger partial charge in [-0.1, -0.05) is 135 Å². The molecule has 4 N–H and O–H groups in total. The zero-order valence-corrected chi connectivity index (χ0v) is 52.9. The van der Waals surface area contributed by atoms with Crippen molar-refractivity contribution in [2.75, 3.05) is 19.8 Å². The molecule has 2 bridgehead atoms. The van der Waals surface area contributed by atoms with Crippen molar-refractivity contribution in [3.63, 3.8) is 0 Å². The average Bonchev–Trinajstić information content (AvgIpc) is 0.669. The maximum absolute atomic E-state index is 16.6. The summed E-state index contributed by atoms with van der Waals surface area (Å²) in [5.74, 6) is -11.9. The van der Waals surface area contributed by atoms with Gasteiger partial charge in [0.2, 0.25) is 12.0 Å². The molecule has 95 heavy (non-hydrogen) atoms. The number of aliphatic hydroxyl groups is 1. The Morgan fingerprint density at radius 1 is 0.674 bits per heavy atom. The minimum Gasteiger partial charge on any atom is -0.482 e. The summed E-state index contributed by atoms with van der Waals surface area (Å²) in [6.45, 7) is 5.97. The molecular formula is C72H72N2O21. The fraction of sp³-hybridized carbons (Fsp3) is 0.361. The summed E-state index contributed by atoms with van der Waals surface area (Å²) in [4.78, 5) is 145. The van der Waals surface area contributed by atoms with Gasteiger partial charge in [-0.05, 0) is 90.2 Å². The number of aliphatic carboxylic acids is 1. The van der Waals surface area contributed by atoms with Crippen LogP contribution in [-0.2, 0) is 71.5 Å². The molecule has 12 atom stereocenters. The second kappa shape index (κ2) is 28.1. The number of ether oxygens (including phenoxy) is 9. The summed E-state index contributed by atoms with van der Waals surface area (Å²) in [7, 11) is 0. The van der Waals surface area contributed by atoms with Gasteiger partial charge in [-0.3, -0.25) is 28.8 Å². The third-order valence-electron chi connectivity index (χ3n) is 18.4. The second-order valence-corrected chi connectivity index (χ2v) is 24.6. The van der Waals surface area contributed by atoms with Gasteiger partial charge >= 0.3 is 41.8 Å². The third kappa shape index (κ3) is 13.9. The molecule has 23 heteroatoms. The molecule has 1 saturated heterocycles. The Morgan fingerprint density at radius 3 is 1.86 bits per heavy atom. The van der Waals surface area contributed by atoms with Crippen LogP contribution >= 0.6 is 0 Å². The van der Waals surface area contributed by atoms with Crippen LogP contribution in [0, 0.1) is 16.7 Å². The topological polar surface area (TPSA) is 318 Å². The summed E-state index contributed by atoms with van der Waals surface area (Å²) in [5.41, 5.74) is -8.80. The average molecular weight is 1300 g/mol. The second-order valence-electron chi connectivity index (χ2n) is 24.6. The van der Waals surface area contributed by atoms with Crippen LogP contribution in [0.3, 0.4) is 0 Å². The number of carbonyl (C=O) groups excluding carboxylic acids is 9. The minimum absolute atomic E-state index is 0.00866. The molecule has 0 aromatic heterocycles. The van der Waals surface area contributed by atoms with Crippen molar-refractivity contribution in [1.82, 2.24) is 10.6 Å². The maximum Gasteiger partial charge on any atom is 0.350 e. The Labute approximate surface area is 546 Å². The van der Waals surface area contributed by atoms with Gasteiger partial charge in [-0.25, -0.2) is 19.2 Å². The van der Waals surface area contributed by atoms with Gasteiger partial charge in [0.05, 0.1) is 23.5 Å². The van der Waals surface area contributed by atoms with Crippen molar-refractivity contribution in [2.45, 2.75) is 127 Å². The zero-order chi connectivity index (χ0) is 68.0. The van der Waals surface area contributed by atoms with Crippen molar-refractivity contribution in [3.8, 4) is 11.5 Å². The first-order chi connectivity index (χ1) is 45.4. The molecule has 2 amide bonds. The number of rotatable bonds is 23. The number of amides is 2. The molecule has 1 heterocycles. The van der Waals surface area contributed by atoms with Crippen molar-refractivity contribution in [3.05, 3.63) is 192 Å². The first kappa shape index (κ1) is 67.6. The molecule has 4 aliphatic rings. The molecule has 23 nitrogen and oxygen atoms in total. The normalized spacial score (nSPS) is 24.9. The van der Waals surface area contributed by atoms with Crippen LogP contribution in [0.5, 0.6) is 11.5 Å². The van der Waals surface area contributed by atoms with E-state index in [1.165, 1.54) is 58.0 Å². The highest BCUT2D eigenvalue weighted by Crippen LogP contribution is 2.65. The van der Waals surface area contributed by atoms with Gasteiger partial charge in [0, 0.05) is 44.1 Å². The number of esters is 6. The third-order valence-corrected chi connectivity index (χ3v) is 18.4. The van der Waals surface area contributed by atoms with Crippen molar-refractivity contribution < 1.29 is 101 Å². The highest BCUT2D eigenvalue weighted by atomic mass is 16.6. The number of carboxylic acid groups (broad SMARTS) is 1. The van der Waals surface area contributed by atoms with Crippen LogP contribution in [0.25, 0.3) is 10.8 Å². The number of hydrogen-bond acceptors (Lipinski definition) is 20. The van der Waals surface area contributed by atoms with Gasteiger partial charge in [0.15, 0.2) is 30.7 Å². The lowest BCUT2D eigenvalue weighted by atomic mass is 9.44. The molecule has 10 rings (SSSR count). The van der Waals surface area contributed by atoms with Gasteiger partial charge in [-0.2, -0.15) is 0 Å². The molecular weight excluding hydrogens is 1230 g/mol. The van der Waals surface area contributed by atoms with E-state index < -0.39 is 175 Å². The number of hydrogen-bond donors (Lipinski definition) is 4. The maximum atomic E-state index is 16.6. The Morgan fingerprint density at radius 2 is 1.26 bits per heavy atom. The number of benzene rings is 6. The smallest absolute Gasteiger partial charge is 0.350 e. The Hall–Kier alpha value is -10.3. The largest absolute Gasteiger partial charge is 0.482 e. The monoisotopic (exact) mass is 1300 g/mol. The van der Waals surface area contributed by atoms with E-state index in [-0.39, 0.29) is 40.0 Å². The summed E-state index contributed by atoms with van der Waals surface area (Å²) in [5, 5.41) is 31.0. The highest BCUT2D eigenvalue weighted by molar-refractivity contribution is 6.08. The fourth-order valence-electron chi connectivity index (χ4n) is 13.8. The first-order valence-corrected chi connectivity index (χ1v) is 30.9. The Kier molecular flexibility index (Phi) is 20.0. The quantitative estimate of drug-likeness (QED) is 0.0274. The number of carbonyl (C=O) groups is 10. The van der Waals surface area contributed by atoms with Crippen LogP contribution in [0.4, 0.5) is 0 Å². The summed E-state index contributed by atoms with van der Waals surface area (Å²) in [6, 6.07) is 40.2. The van der Waals surface area contributed by atoms with E-state index in [0.717, 1.165) is 13.8 Å². The molecule has 2 saturated carbocycles. The molecule has 0 unspecified atom stereocenters. The van der Waals surface area contributed by atoms with E-state index in [9.17, 15) is 43.8 Å². The number of Topliss-reactive ketones (excluding diaryl/α,β-unsaturated/α-hetero) is 1. The highest BCUT2D eigenvalue weighted by Gasteiger charge is 2.79. The molecule has 6 aromatic rings. The Bertz CT molecular complexity index is 3930. The summed E-state index contributed by atoms with van der Waals surface area (Å²) in [6.07, 6.45) is -13.2. The molecule has 1 aliphatic heterocycles. The number of ketones is 1. The standard InChI is InChI=1S/C72H72N2O21/c1-41-52(91-68(85)61(93-57(80)39-88-48-30-17-10-18-31-48)59(45-23-11-7-12-24-45)74-66(83)51(34-35-55(77)78)73-65(82)50-33-21-27-44-22-19-20-32-49(44)50)37-72(86)64(94-67(84)46-25-13-8-14-26-46)62-70(6,63(81)60(90-42(2)75)58(41)69(72,4)5)53(36-54-71(62,40-89-54)95-43(3)76)92-56(79)38-87-47-28-15-9-16-29-47/h7-33,51-54,59-62,64,86H,34-40H2,1-6H3,(H,73,82)(H,74,83)(H,77,78)/t51-,52+,53+,54-,59+,60-,61-,62+,64+,70-,71+,72-/m1/s1. The van der Waals surface area contributed by atoms with E-state index in [1.54, 1.807) is 133 Å². The first-order valence-electron chi connectivity index (χ1n) is 30.9. The van der Waals surface area contributed by atoms with Gasteiger partial charge in [-0.15, -0.1) is 0 Å². The van der Waals surface area contributed by atoms with E-state index in [2.05, 4.69) is 10.6 Å². The predicted octanol–water partition coefficient (Wildman–Crippen LogP) is 7.50. The molecule has 0 radical (unpaired) electrons. The van der Waals surface area contributed by atoms with Crippen LogP contribution < -0.4 is 20.1 Å². The molecule has 496 valence electrons. The van der Waals surface area contributed by atoms with Gasteiger partial charge in [0.25, 0.3) is 5.91 Å². The van der Waals surface area contributed by atoms with Gasteiger partial charge in [0.1, 0.15) is 53.6 Å². The molecule has 0 spiro atoms. The van der Waals surface area contributed by atoms with E-state index in [1.807, 2.05) is 0 Å². The molecule has 3 fully saturated rings. The zero-order valence-electron chi connectivity index (χ0n) is 52.9. The number of carboxylic acids is 1. The van der Waals surface area contributed by atoms with Crippen molar-refractivity contribution >= 4 is 70.2 Å². The lowest BCUT2D eigenvalue weighted by Gasteiger charge is -2.67. The van der Waals surface area contributed by atoms with Crippen LogP contribution in [0.15, 0.2) is 175 Å². The van der Waals surface area contributed by atoms with Crippen molar-refractivity contribution in [2.24, 2.45) is 16.7 Å². The number of fused-ring (bicyclic) bond motifs is 6. The van der Waals surface area contributed by atoms with E-state index in [0.29, 0.717) is 16.5 Å². The fourth-order valence-corrected chi connectivity index (χ4v) is 13.8. The number of para-hydroxylation sites is 2. The lowest BCUT2D eigenvalue weighted by Crippen LogP contribution is -2.82. The van der Waals surface area contributed by atoms with Gasteiger partial charge < -0.3 is 63.5 Å². The SMILES string of the molecule is CC(=O)O[C@H]1C(=O)[C@]2(C)[C@@H](OC(=O)COc3ccccc3)C[C@H]3OC[C@@]3(OC(C)=O)[C@H]2[C@H](OC(=O)c2ccccc2)[C@]2(O)C[C@H](OC(=O)[C@H](OC(=O)COc3ccccc3)[C@@H](NC(=O)[C@@H](CCC(=O)O)NC(=O)c3cccc4ccccc34)c3ccccc3)C(C)=C1C2(C)C. The van der Waals surface area contributed by atoms with E-state index >= 15 is 14.4 Å². The van der Waals surface area contributed by atoms with Crippen molar-refractivity contribution in [1.29, 1.82) is 0 Å². The molecule has 3 aliphatic carbocycles.